The predicted octanol–water partition coefficient (Wildman–Crippen LogP) is 3.22. The average Bonchev–Trinajstić information content (AvgIpc) is 2.36. The fourth-order valence-electron chi connectivity index (χ4n) is 1.70. The van der Waals surface area contributed by atoms with E-state index in [9.17, 15) is 0 Å². The van der Waals surface area contributed by atoms with E-state index < -0.39 is 0 Å². The number of ether oxygens (including phenoxy) is 3. The number of hydrogen-bond acceptors (Lipinski definition) is 3. The Kier molecular flexibility index (Phi) is 3.83. The van der Waals surface area contributed by atoms with Gasteiger partial charge in [0.15, 0.2) is 18.3 Å². The zero-order valence-corrected chi connectivity index (χ0v) is 10.1. The van der Waals surface area contributed by atoms with E-state index in [1.165, 1.54) is 0 Å². The monoisotopic (exact) mass is 232 g/mol. The molecule has 0 atom stereocenters. The van der Waals surface area contributed by atoms with Crippen molar-refractivity contribution in [1.82, 2.24) is 0 Å². The minimum Gasteiger partial charge on any atom is -0.490 e. The van der Waals surface area contributed by atoms with Gasteiger partial charge in [0.2, 0.25) is 0 Å². The SMILES string of the molecule is CCOc1cc2ccccc2cc1OCOC. The average molecular weight is 232 g/mol. The molecule has 2 rings (SSSR count). The van der Waals surface area contributed by atoms with Crippen molar-refractivity contribution < 1.29 is 14.2 Å². The van der Waals surface area contributed by atoms with Gasteiger partial charge < -0.3 is 14.2 Å². The minimum absolute atomic E-state index is 0.221. The van der Waals surface area contributed by atoms with Crippen LogP contribution in [0.3, 0.4) is 0 Å². The largest absolute Gasteiger partial charge is 0.490 e. The van der Waals surface area contributed by atoms with Crippen LogP contribution >= 0.6 is 0 Å². The van der Waals surface area contributed by atoms with E-state index in [0.29, 0.717) is 12.4 Å². The van der Waals surface area contributed by atoms with Crippen molar-refractivity contribution in [2.24, 2.45) is 0 Å². The Morgan fingerprint density at radius 3 is 2.06 bits per heavy atom. The van der Waals surface area contributed by atoms with Crippen molar-refractivity contribution in [1.29, 1.82) is 0 Å². The molecular weight excluding hydrogens is 216 g/mol. The maximum absolute atomic E-state index is 5.56. The highest BCUT2D eigenvalue weighted by atomic mass is 16.7. The lowest BCUT2D eigenvalue weighted by Crippen LogP contribution is -2.02. The Morgan fingerprint density at radius 2 is 1.53 bits per heavy atom. The first-order valence-electron chi connectivity index (χ1n) is 5.62. The van der Waals surface area contributed by atoms with Crippen molar-refractivity contribution in [2.45, 2.75) is 6.92 Å². The van der Waals surface area contributed by atoms with Gasteiger partial charge in [-0.2, -0.15) is 0 Å². The molecule has 0 aliphatic carbocycles. The molecule has 0 amide bonds. The van der Waals surface area contributed by atoms with Gasteiger partial charge in [0.1, 0.15) is 0 Å². The van der Waals surface area contributed by atoms with Crippen molar-refractivity contribution in [3.63, 3.8) is 0 Å². The standard InChI is InChI=1S/C14H16O3/c1-3-16-13-8-11-6-4-5-7-12(11)9-14(13)17-10-15-2/h4-9H,3,10H2,1-2H3. The van der Waals surface area contributed by atoms with Gasteiger partial charge >= 0.3 is 0 Å². The van der Waals surface area contributed by atoms with Gasteiger partial charge in [-0.15, -0.1) is 0 Å². The Hall–Kier alpha value is -1.74. The van der Waals surface area contributed by atoms with E-state index in [4.69, 9.17) is 14.2 Å². The van der Waals surface area contributed by atoms with Gasteiger partial charge in [0.25, 0.3) is 0 Å². The van der Waals surface area contributed by atoms with Crippen molar-refractivity contribution in [3.8, 4) is 11.5 Å². The molecule has 0 saturated carbocycles. The van der Waals surface area contributed by atoms with Crippen LogP contribution in [0.2, 0.25) is 0 Å². The lowest BCUT2D eigenvalue weighted by atomic mass is 10.1. The fraction of sp³-hybridized carbons (Fsp3) is 0.286. The smallest absolute Gasteiger partial charge is 0.188 e. The first kappa shape index (κ1) is 11.7. The second-order valence-electron chi connectivity index (χ2n) is 3.63. The third-order valence-corrected chi connectivity index (χ3v) is 2.44. The first-order valence-corrected chi connectivity index (χ1v) is 5.62. The fourth-order valence-corrected chi connectivity index (χ4v) is 1.70. The van der Waals surface area contributed by atoms with E-state index in [2.05, 4.69) is 6.07 Å². The quantitative estimate of drug-likeness (QED) is 0.741. The van der Waals surface area contributed by atoms with Crippen LogP contribution in [0.25, 0.3) is 10.8 Å². The Balaban J connectivity index is 2.42. The molecule has 0 bridgehead atoms. The molecular formula is C14H16O3. The topological polar surface area (TPSA) is 27.7 Å². The summed E-state index contributed by atoms with van der Waals surface area (Å²) in [5.41, 5.74) is 0. The second kappa shape index (κ2) is 5.55. The molecule has 3 heteroatoms. The maximum atomic E-state index is 5.56. The molecule has 0 aromatic heterocycles. The van der Waals surface area contributed by atoms with E-state index >= 15 is 0 Å². The first-order chi connectivity index (χ1) is 8.35. The highest BCUT2D eigenvalue weighted by molar-refractivity contribution is 5.86. The third-order valence-electron chi connectivity index (χ3n) is 2.44. The molecule has 2 aromatic carbocycles. The summed E-state index contributed by atoms with van der Waals surface area (Å²) in [4.78, 5) is 0. The van der Waals surface area contributed by atoms with Crippen molar-refractivity contribution >= 4 is 10.8 Å². The minimum atomic E-state index is 0.221. The molecule has 0 N–H and O–H groups in total. The van der Waals surface area contributed by atoms with Crippen molar-refractivity contribution in [3.05, 3.63) is 36.4 Å². The molecule has 3 nitrogen and oxygen atoms in total. The molecule has 90 valence electrons. The van der Waals surface area contributed by atoms with Crippen LogP contribution in [-0.4, -0.2) is 20.5 Å². The molecule has 0 aliphatic rings. The van der Waals surface area contributed by atoms with E-state index in [-0.39, 0.29) is 6.79 Å². The Labute approximate surface area is 101 Å². The number of rotatable bonds is 5. The summed E-state index contributed by atoms with van der Waals surface area (Å²) in [6.07, 6.45) is 0. The molecule has 0 saturated heterocycles. The van der Waals surface area contributed by atoms with Crippen LogP contribution in [-0.2, 0) is 4.74 Å². The van der Waals surface area contributed by atoms with E-state index in [1.54, 1.807) is 7.11 Å². The summed E-state index contributed by atoms with van der Waals surface area (Å²) in [7, 11) is 1.60. The van der Waals surface area contributed by atoms with Crippen LogP contribution in [0.5, 0.6) is 11.5 Å². The van der Waals surface area contributed by atoms with Gasteiger partial charge in [0, 0.05) is 7.11 Å². The van der Waals surface area contributed by atoms with Crippen LogP contribution < -0.4 is 9.47 Å². The summed E-state index contributed by atoms with van der Waals surface area (Å²) < 4.78 is 16.0. The van der Waals surface area contributed by atoms with Gasteiger partial charge in [-0.3, -0.25) is 0 Å². The summed E-state index contributed by atoms with van der Waals surface area (Å²) in [6.45, 7) is 2.79. The second-order valence-corrected chi connectivity index (χ2v) is 3.63. The molecule has 2 aromatic rings. The molecule has 0 heterocycles. The molecule has 0 fully saturated rings. The van der Waals surface area contributed by atoms with E-state index in [1.807, 2.05) is 37.3 Å². The van der Waals surface area contributed by atoms with Gasteiger partial charge in [-0.05, 0) is 29.8 Å². The van der Waals surface area contributed by atoms with Crippen LogP contribution in [0.4, 0.5) is 0 Å². The Bertz CT molecular complexity index is 494. The third kappa shape index (κ3) is 2.68. The lowest BCUT2D eigenvalue weighted by molar-refractivity contribution is 0.0488. The summed E-state index contributed by atoms with van der Waals surface area (Å²) >= 11 is 0. The lowest BCUT2D eigenvalue weighted by Gasteiger charge is -2.12. The molecule has 0 spiro atoms. The van der Waals surface area contributed by atoms with Gasteiger partial charge in [-0.25, -0.2) is 0 Å². The highest BCUT2D eigenvalue weighted by Crippen LogP contribution is 2.32. The van der Waals surface area contributed by atoms with E-state index in [0.717, 1.165) is 16.5 Å². The molecule has 0 radical (unpaired) electrons. The molecule has 0 unspecified atom stereocenters. The number of methoxy groups -OCH3 is 1. The number of benzene rings is 2. The molecule has 0 aliphatic heterocycles. The molecule has 17 heavy (non-hydrogen) atoms. The highest BCUT2D eigenvalue weighted by Gasteiger charge is 2.06. The summed E-state index contributed by atoms with van der Waals surface area (Å²) in [5.74, 6) is 1.47. The maximum Gasteiger partial charge on any atom is 0.188 e. The van der Waals surface area contributed by atoms with Crippen LogP contribution in [0, 0.1) is 0 Å². The zero-order chi connectivity index (χ0) is 12.1. The number of fused-ring (bicyclic) bond motifs is 1. The normalized spacial score (nSPS) is 10.5. The Morgan fingerprint density at radius 1 is 0.941 bits per heavy atom. The number of hydrogen-bond donors (Lipinski definition) is 0. The zero-order valence-electron chi connectivity index (χ0n) is 10.1. The summed E-state index contributed by atoms with van der Waals surface area (Å²) in [6, 6.07) is 12.1. The van der Waals surface area contributed by atoms with Crippen LogP contribution in [0.15, 0.2) is 36.4 Å². The van der Waals surface area contributed by atoms with Gasteiger partial charge in [0.05, 0.1) is 6.61 Å². The van der Waals surface area contributed by atoms with Crippen LogP contribution in [0.1, 0.15) is 6.92 Å². The predicted molar refractivity (Wildman–Crippen MR) is 67.6 cm³/mol. The van der Waals surface area contributed by atoms with Gasteiger partial charge in [-0.1, -0.05) is 24.3 Å². The summed E-state index contributed by atoms with van der Waals surface area (Å²) in [5, 5.41) is 2.27. The van der Waals surface area contributed by atoms with Crippen molar-refractivity contribution in [2.75, 3.05) is 20.5 Å².